The van der Waals surface area contributed by atoms with E-state index in [0.29, 0.717) is 0 Å². The van der Waals surface area contributed by atoms with Crippen molar-refractivity contribution in [2.45, 2.75) is 20.3 Å². The van der Waals surface area contributed by atoms with Crippen LogP contribution in [0.15, 0.2) is 24.3 Å². The molecule has 2 heteroatoms. The van der Waals surface area contributed by atoms with Gasteiger partial charge in [0.2, 0.25) is 5.91 Å². The van der Waals surface area contributed by atoms with Crippen molar-refractivity contribution >= 4 is 11.6 Å². The number of hydrogen-bond acceptors (Lipinski definition) is 1. The number of amides is 1. The number of nitrogens with zero attached hydrogens (tertiary/aromatic N) is 1. The number of anilines is 1. The number of benzene rings is 1. The first kappa shape index (κ1) is 9.25. The van der Waals surface area contributed by atoms with Crippen molar-refractivity contribution in [2.24, 2.45) is 5.92 Å². The number of rotatable bonds is 1. The first-order valence-electron chi connectivity index (χ1n) is 5.09. The molecule has 2 nitrogen and oxygen atoms in total. The second-order valence-electron chi connectivity index (χ2n) is 4.02. The average molecular weight is 189 g/mol. The second-order valence-corrected chi connectivity index (χ2v) is 4.02. The summed E-state index contributed by atoms with van der Waals surface area (Å²) in [7, 11) is 0. The highest BCUT2D eigenvalue weighted by Gasteiger charge is 2.25. The fraction of sp³-hybridized carbons (Fsp3) is 0.417. The van der Waals surface area contributed by atoms with Crippen LogP contribution in [0, 0.1) is 5.92 Å². The van der Waals surface area contributed by atoms with E-state index in [4.69, 9.17) is 0 Å². The van der Waals surface area contributed by atoms with Crippen LogP contribution in [0.5, 0.6) is 0 Å². The highest BCUT2D eigenvalue weighted by atomic mass is 16.2. The smallest absolute Gasteiger partial charge is 0.229 e. The monoisotopic (exact) mass is 189 g/mol. The molecule has 0 fully saturated rings. The molecule has 14 heavy (non-hydrogen) atoms. The minimum absolute atomic E-state index is 0.0844. The molecular formula is C12H15NO. The Labute approximate surface area is 84.5 Å². The van der Waals surface area contributed by atoms with Gasteiger partial charge in [0.05, 0.1) is 0 Å². The van der Waals surface area contributed by atoms with Gasteiger partial charge in [0.25, 0.3) is 0 Å². The van der Waals surface area contributed by atoms with Gasteiger partial charge in [-0.25, -0.2) is 0 Å². The van der Waals surface area contributed by atoms with Crippen molar-refractivity contribution in [2.75, 3.05) is 11.4 Å². The van der Waals surface area contributed by atoms with Gasteiger partial charge in [-0.15, -0.1) is 0 Å². The van der Waals surface area contributed by atoms with Crippen LogP contribution in [-0.2, 0) is 11.2 Å². The molecule has 1 aromatic rings. The number of hydrogen-bond donors (Lipinski definition) is 0. The van der Waals surface area contributed by atoms with Crippen molar-refractivity contribution in [1.82, 2.24) is 0 Å². The van der Waals surface area contributed by atoms with E-state index < -0.39 is 0 Å². The van der Waals surface area contributed by atoms with Crippen LogP contribution in [0.1, 0.15) is 19.4 Å². The fourth-order valence-corrected chi connectivity index (χ4v) is 1.88. The normalized spacial score (nSPS) is 14.6. The van der Waals surface area contributed by atoms with Crippen molar-refractivity contribution in [3.8, 4) is 0 Å². The molecule has 1 aliphatic heterocycles. The summed E-state index contributed by atoms with van der Waals surface area (Å²) in [5.74, 6) is 0.316. The topological polar surface area (TPSA) is 20.3 Å². The predicted molar refractivity (Wildman–Crippen MR) is 57.3 cm³/mol. The van der Waals surface area contributed by atoms with Crippen LogP contribution in [0.25, 0.3) is 0 Å². The third-order valence-corrected chi connectivity index (χ3v) is 2.65. The third-order valence-electron chi connectivity index (χ3n) is 2.65. The first-order chi connectivity index (χ1) is 6.70. The Kier molecular flexibility index (Phi) is 2.28. The Morgan fingerprint density at radius 1 is 1.36 bits per heavy atom. The molecule has 0 bridgehead atoms. The molecule has 0 saturated heterocycles. The van der Waals surface area contributed by atoms with E-state index in [1.807, 2.05) is 36.9 Å². The molecule has 1 aromatic carbocycles. The molecule has 1 aliphatic rings. The second kappa shape index (κ2) is 3.45. The summed E-state index contributed by atoms with van der Waals surface area (Å²) < 4.78 is 0. The summed E-state index contributed by atoms with van der Waals surface area (Å²) in [6.07, 6.45) is 0.995. The molecule has 0 N–H and O–H groups in total. The molecule has 74 valence electrons. The Morgan fingerprint density at radius 2 is 2.07 bits per heavy atom. The predicted octanol–water partition coefficient (Wildman–Crippen LogP) is 2.23. The Morgan fingerprint density at radius 3 is 2.79 bits per heavy atom. The van der Waals surface area contributed by atoms with E-state index in [2.05, 4.69) is 6.07 Å². The van der Waals surface area contributed by atoms with Gasteiger partial charge in [-0.3, -0.25) is 4.79 Å². The summed E-state index contributed by atoms with van der Waals surface area (Å²) >= 11 is 0. The lowest BCUT2D eigenvalue weighted by atomic mass is 10.1. The lowest BCUT2D eigenvalue weighted by Gasteiger charge is -2.19. The number of carbonyl (C=O) groups excluding carboxylic acids is 1. The SMILES string of the molecule is CC(C)C(=O)N1CCc2ccccc21. The van der Waals surface area contributed by atoms with Gasteiger partial charge in [-0.05, 0) is 18.1 Å². The van der Waals surface area contributed by atoms with Crippen LogP contribution < -0.4 is 4.90 Å². The van der Waals surface area contributed by atoms with Crippen molar-refractivity contribution < 1.29 is 4.79 Å². The minimum Gasteiger partial charge on any atom is -0.312 e. The molecule has 0 atom stereocenters. The van der Waals surface area contributed by atoms with Gasteiger partial charge < -0.3 is 4.90 Å². The van der Waals surface area contributed by atoms with Crippen molar-refractivity contribution in [3.63, 3.8) is 0 Å². The highest BCUT2D eigenvalue weighted by molar-refractivity contribution is 5.96. The van der Waals surface area contributed by atoms with Crippen LogP contribution in [-0.4, -0.2) is 12.5 Å². The van der Waals surface area contributed by atoms with Crippen LogP contribution in [0.4, 0.5) is 5.69 Å². The van der Waals surface area contributed by atoms with Crippen molar-refractivity contribution in [1.29, 1.82) is 0 Å². The highest BCUT2D eigenvalue weighted by Crippen LogP contribution is 2.28. The minimum atomic E-state index is 0.0844. The molecule has 0 aromatic heterocycles. The van der Waals surface area contributed by atoms with E-state index in [1.165, 1.54) is 5.56 Å². The van der Waals surface area contributed by atoms with Crippen LogP contribution in [0.2, 0.25) is 0 Å². The van der Waals surface area contributed by atoms with Gasteiger partial charge in [-0.1, -0.05) is 32.0 Å². The maximum Gasteiger partial charge on any atom is 0.229 e. The summed E-state index contributed by atoms with van der Waals surface area (Å²) in [6.45, 7) is 4.74. The summed E-state index contributed by atoms with van der Waals surface area (Å²) in [5.41, 5.74) is 2.40. The van der Waals surface area contributed by atoms with Crippen molar-refractivity contribution in [3.05, 3.63) is 29.8 Å². The first-order valence-corrected chi connectivity index (χ1v) is 5.09. The summed E-state index contributed by atoms with van der Waals surface area (Å²) in [5, 5.41) is 0. The molecule has 1 heterocycles. The van der Waals surface area contributed by atoms with Crippen LogP contribution in [0.3, 0.4) is 0 Å². The van der Waals surface area contributed by atoms with E-state index in [-0.39, 0.29) is 11.8 Å². The molecule has 0 spiro atoms. The summed E-state index contributed by atoms with van der Waals surface area (Å²) in [6, 6.07) is 8.15. The van der Waals surface area contributed by atoms with E-state index >= 15 is 0 Å². The standard InChI is InChI=1S/C12H15NO/c1-9(2)12(14)13-8-7-10-5-3-4-6-11(10)13/h3-6,9H,7-8H2,1-2H3. The van der Waals surface area contributed by atoms with E-state index in [1.54, 1.807) is 0 Å². The average Bonchev–Trinajstić information content (AvgIpc) is 2.60. The lowest BCUT2D eigenvalue weighted by Crippen LogP contribution is -2.32. The molecule has 2 rings (SSSR count). The molecular weight excluding hydrogens is 174 g/mol. The molecule has 0 saturated carbocycles. The molecule has 0 unspecified atom stereocenters. The largest absolute Gasteiger partial charge is 0.312 e. The maximum absolute atomic E-state index is 11.8. The van der Waals surface area contributed by atoms with Crippen LogP contribution >= 0.6 is 0 Å². The Bertz CT molecular complexity index is 357. The zero-order chi connectivity index (χ0) is 10.1. The zero-order valence-electron chi connectivity index (χ0n) is 8.66. The Balaban J connectivity index is 2.30. The van der Waals surface area contributed by atoms with E-state index in [9.17, 15) is 4.79 Å². The van der Waals surface area contributed by atoms with Gasteiger partial charge in [0.1, 0.15) is 0 Å². The van der Waals surface area contributed by atoms with Gasteiger partial charge in [0.15, 0.2) is 0 Å². The molecule has 0 radical (unpaired) electrons. The fourth-order valence-electron chi connectivity index (χ4n) is 1.88. The third kappa shape index (κ3) is 1.41. The number of carbonyl (C=O) groups is 1. The van der Waals surface area contributed by atoms with Gasteiger partial charge >= 0.3 is 0 Å². The van der Waals surface area contributed by atoms with Gasteiger partial charge in [0, 0.05) is 18.2 Å². The van der Waals surface area contributed by atoms with E-state index in [0.717, 1.165) is 18.7 Å². The quantitative estimate of drug-likeness (QED) is 0.663. The number of fused-ring (bicyclic) bond motifs is 1. The Hall–Kier alpha value is -1.31. The molecule has 0 aliphatic carbocycles. The zero-order valence-corrected chi connectivity index (χ0v) is 8.66. The lowest BCUT2D eigenvalue weighted by molar-refractivity contribution is -0.121. The van der Waals surface area contributed by atoms with Gasteiger partial charge in [-0.2, -0.15) is 0 Å². The number of para-hydroxylation sites is 1. The maximum atomic E-state index is 11.8. The molecule has 1 amide bonds. The summed E-state index contributed by atoms with van der Waals surface area (Å²) in [4.78, 5) is 13.7.